The van der Waals surface area contributed by atoms with Gasteiger partial charge >= 0.3 is 11.9 Å². The first-order valence-electron chi connectivity index (χ1n) is 11.3. The average Bonchev–Trinajstić information content (AvgIpc) is 2.85. The van der Waals surface area contributed by atoms with Gasteiger partial charge in [-0.05, 0) is 36.8 Å². The fourth-order valence-electron chi connectivity index (χ4n) is 4.45. The molecule has 2 heterocycles. The molecule has 1 unspecified atom stereocenters. The van der Waals surface area contributed by atoms with Gasteiger partial charge in [-0.2, -0.15) is 23.1 Å². The summed E-state index contributed by atoms with van der Waals surface area (Å²) >= 11 is 6.15. The third kappa shape index (κ3) is 5.43. The van der Waals surface area contributed by atoms with Crippen LogP contribution >= 0.6 is 11.6 Å². The standard InChI is InChI=1S/C23H20ClF3N6O4/c1-11(12-5-3-2-4-6-12)14-9-18(30-31-20(14)34)37-19-15(23(25,26)27)7-13(8-16(19)24)33-22(36)29-21(35)17(10-28)32-33/h7-9,11-12H,2-6H2,1H3,(H,31,34)(H,29,35,36). The number of hydrogen-bond donors (Lipinski definition) is 2. The van der Waals surface area contributed by atoms with Crippen LogP contribution in [-0.2, 0) is 6.18 Å². The fourth-order valence-corrected chi connectivity index (χ4v) is 4.70. The number of nitriles is 1. The number of halogens is 4. The first-order valence-corrected chi connectivity index (χ1v) is 11.7. The molecule has 1 aliphatic carbocycles. The zero-order valence-corrected chi connectivity index (χ0v) is 20.1. The number of nitrogens with one attached hydrogen (secondary N) is 2. The summed E-state index contributed by atoms with van der Waals surface area (Å²) in [6, 6.07) is 4.24. The normalized spacial score (nSPS) is 15.2. The molecule has 0 amide bonds. The first-order chi connectivity index (χ1) is 17.5. The fraction of sp³-hybridized carbons (Fsp3) is 0.391. The Morgan fingerprint density at radius 3 is 2.51 bits per heavy atom. The Balaban J connectivity index is 1.77. The van der Waals surface area contributed by atoms with Gasteiger partial charge in [0.05, 0.1) is 10.7 Å². The van der Waals surface area contributed by atoms with Gasteiger partial charge < -0.3 is 4.74 Å². The van der Waals surface area contributed by atoms with Gasteiger partial charge in [0.15, 0.2) is 5.75 Å². The Morgan fingerprint density at radius 1 is 1.16 bits per heavy atom. The van der Waals surface area contributed by atoms with Crippen molar-refractivity contribution in [3.63, 3.8) is 0 Å². The highest BCUT2D eigenvalue weighted by Gasteiger charge is 2.37. The number of H-pyrrole nitrogens is 2. The zero-order chi connectivity index (χ0) is 26.9. The molecule has 0 aliphatic heterocycles. The summed E-state index contributed by atoms with van der Waals surface area (Å²) in [6.07, 6.45) is 0.0894. The smallest absolute Gasteiger partial charge is 0.420 e. The third-order valence-corrected chi connectivity index (χ3v) is 6.66. The summed E-state index contributed by atoms with van der Waals surface area (Å²) in [6.45, 7) is 1.89. The van der Waals surface area contributed by atoms with Crippen LogP contribution in [0.1, 0.15) is 61.8 Å². The number of benzene rings is 1. The second-order valence-electron chi connectivity index (χ2n) is 8.71. The lowest BCUT2D eigenvalue weighted by molar-refractivity contribution is -0.138. The van der Waals surface area contributed by atoms with Gasteiger partial charge in [-0.3, -0.25) is 14.6 Å². The number of nitrogens with zero attached hydrogens (tertiary/aromatic N) is 4. The number of aromatic nitrogens is 5. The van der Waals surface area contributed by atoms with Gasteiger partial charge in [-0.15, -0.1) is 10.2 Å². The summed E-state index contributed by atoms with van der Waals surface area (Å²) in [5.74, 6) is -1.03. The topological polar surface area (TPSA) is 147 Å². The van der Waals surface area contributed by atoms with Crippen molar-refractivity contribution in [2.24, 2.45) is 5.92 Å². The first kappa shape index (κ1) is 26.2. The van der Waals surface area contributed by atoms with Crippen molar-refractivity contribution < 1.29 is 17.9 Å². The molecule has 2 aromatic heterocycles. The van der Waals surface area contributed by atoms with Crippen LogP contribution in [0.5, 0.6) is 11.6 Å². The van der Waals surface area contributed by atoms with Crippen LogP contribution in [0, 0.1) is 17.2 Å². The SMILES string of the molecule is CC(c1cc(Oc2c(Cl)cc(-n3nc(C#N)c(=O)[nH]c3=O)cc2C(F)(F)F)n[nH]c1=O)C1CCCCC1. The molecule has 1 fully saturated rings. The molecular weight excluding hydrogens is 517 g/mol. The number of alkyl halides is 3. The van der Waals surface area contributed by atoms with E-state index in [-0.39, 0.29) is 17.7 Å². The molecular formula is C23H20ClF3N6O4. The van der Waals surface area contributed by atoms with Crippen molar-refractivity contribution in [1.82, 2.24) is 25.0 Å². The lowest BCUT2D eigenvalue weighted by atomic mass is 9.78. The maximum Gasteiger partial charge on any atom is 0.420 e. The molecule has 10 nitrogen and oxygen atoms in total. The summed E-state index contributed by atoms with van der Waals surface area (Å²) in [5, 5.41) is 17.9. The minimum absolute atomic E-state index is 0.165. The van der Waals surface area contributed by atoms with Crippen LogP contribution in [0.2, 0.25) is 5.02 Å². The average molecular weight is 537 g/mol. The van der Waals surface area contributed by atoms with E-state index in [1.807, 2.05) is 6.92 Å². The maximum atomic E-state index is 14.0. The van der Waals surface area contributed by atoms with Crippen LogP contribution in [0.25, 0.3) is 5.69 Å². The molecule has 2 N–H and O–H groups in total. The van der Waals surface area contributed by atoms with Crippen molar-refractivity contribution in [3.05, 3.63) is 71.2 Å². The zero-order valence-electron chi connectivity index (χ0n) is 19.4. The predicted molar refractivity (Wildman–Crippen MR) is 125 cm³/mol. The molecule has 1 aromatic carbocycles. The van der Waals surface area contributed by atoms with Crippen LogP contribution in [0.3, 0.4) is 0 Å². The van der Waals surface area contributed by atoms with Crippen LogP contribution < -0.4 is 21.5 Å². The molecule has 0 bridgehead atoms. The Bertz CT molecular complexity index is 1550. The quantitative estimate of drug-likeness (QED) is 0.500. The molecule has 0 radical (unpaired) electrons. The van der Waals surface area contributed by atoms with Crippen molar-refractivity contribution in [2.75, 3.05) is 0 Å². The Labute approximate surface area is 211 Å². The van der Waals surface area contributed by atoms with Gasteiger partial charge in [-0.1, -0.05) is 37.8 Å². The van der Waals surface area contributed by atoms with Crippen molar-refractivity contribution in [3.8, 4) is 23.4 Å². The molecule has 194 valence electrons. The molecule has 37 heavy (non-hydrogen) atoms. The van der Waals surface area contributed by atoms with E-state index in [4.69, 9.17) is 21.6 Å². The highest BCUT2D eigenvalue weighted by atomic mass is 35.5. The van der Waals surface area contributed by atoms with E-state index in [0.717, 1.165) is 38.2 Å². The summed E-state index contributed by atoms with van der Waals surface area (Å²) in [5.41, 5.74) is -4.96. The minimum Gasteiger partial charge on any atom is -0.435 e. The summed E-state index contributed by atoms with van der Waals surface area (Å²) < 4.78 is 47.9. The van der Waals surface area contributed by atoms with Gasteiger partial charge in [0.1, 0.15) is 11.6 Å². The largest absolute Gasteiger partial charge is 0.435 e. The van der Waals surface area contributed by atoms with Crippen LogP contribution in [0.4, 0.5) is 13.2 Å². The molecule has 1 aliphatic rings. The Morgan fingerprint density at radius 2 is 1.86 bits per heavy atom. The van der Waals surface area contributed by atoms with Crippen molar-refractivity contribution in [1.29, 1.82) is 5.26 Å². The van der Waals surface area contributed by atoms with Crippen LogP contribution in [-0.4, -0.2) is 25.0 Å². The molecule has 1 saturated carbocycles. The Kier molecular flexibility index (Phi) is 7.22. The highest BCUT2D eigenvalue weighted by molar-refractivity contribution is 6.32. The summed E-state index contributed by atoms with van der Waals surface area (Å²) in [4.78, 5) is 38.0. The molecule has 0 spiro atoms. The van der Waals surface area contributed by atoms with E-state index in [9.17, 15) is 27.6 Å². The van der Waals surface area contributed by atoms with E-state index >= 15 is 0 Å². The molecule has 14 heteroatoms. The predicted octanol–water partition coefficient (Wildman–Crippen LogP) is 4.02. The van der Waals surface area contributed by atoms with E-state index in [2.05, 4.69) is 15.3 Å². The van der Waals surface area contributed by atoms with E-state index in [0.29, 0.717) is 16.3 Å². The van der Waals surface area contributed by atoms with Gasteiger partial charge in [0.2, 0.25) is 11.6 Å². The van der Waals surface area contributed by atoms with E-state index in [1.165, 1.54) is 12.1 Å². The number of ether oxygens (including phenoxy) is 1. The summed E-state index contributed by atoms with van der Waals surface area (Å²) in [7, 11) is 0. The second-order valence-corrected chi connectivity index (χ2v) is 9.12. The van der Waals surface area contributed by atoms with Gasteiger partial charge in [-0.25, -0.2) is 9.89 Å². The maximum absolute atomic E-state index is 14.0. The Hall–Kier alpha value is -3.92. The van der Waals surface area contributed by atoms with Crippen molar-refractivity contribution in [2.45, 2.75) is 51.1 Å². The lowest BCUT2D eigenvalue weighted by Crippen LogP contribution is -2.33. The second kappa shape index (κ2) is 10.2. The number of hydrogen-bond acceptors (Lipinski definition) is 7. The van der Waals surface area contributed by atoms with Crippen LogP contribution in [0.15, 0.2) is 32.6 Å². The lowest BCUT2D eigenvalue weighted by Gasteiger charge is -2.27. The van der Waals surface area contributed by atoms with Crippen molar-refractivity contribution >= 4 is 11.6 Å². The molecule has 3 aromatic rings. The minimum atomic E-state index is -5.00. The molecule has 0 saturated heterocycles. The highest BCUT2D eigenvalue weighted by Crippen LogP contribution is 2.43. The monoisotopic (exact) mass is 536 g/mol. The number of aromatic amines is 2. The number of rotatable bonds is 5. The molecule has 1 atom stereocenters. The van der Waals surface area contributed by atoms with E-state index < -0.39 is 50.7 Å². The van der Waals surface area contributed by atoms with Gasteiger partial charge in [0, 0.05) is 11.6 Å². The molecule has 4 rings (SSSR count). The van der Waals surface area contributed by atoms with Gasteiger partial charge in [0.25, 0.3) is 11.1 Å². The van der Waals surface area contributed by atoms with E-state index in [1.54, 1.807) is 4.98 Å². The third-order valence-electron chi connectivity index (χ3n) is 6.38.